The predicted molar refractivity (Wildman–Crippen MR) is 62.6 cm³/mol. The number of hydrogen-bond donors (Lipinski definition) is 1. The van der Waals surface area contributed by atoms with Crippen molar-refractivity contribution in [2.45, 2.75) is 20.4 Å². The molecule has 0 unspecified atom stereocenters. The lowest BCUT2D eigenvalue weighted by molar-refractivity contribution is 0.445. The first-order chi connectivity index (χ1) is 7.03. The second-order valence-corrected chi connectivity index (χ2v) is 4.66. The molecule has 1 aromatic rings. The highest BCUT2D eigenvalue weighted by Gasteiger charge is 2.15. The first-order valence-corrected chi connectivity index (χ1v) is 5.28. The van der Waals surface area contributed by atoms with E-state index in [1.165, 1.54) is 5.56 Å². The van der Waals surface area contributed by atoms with Crippen LogP contribution < -0.4 is 5.32 Å². The maximum Gasteiger partial charge on any atom is 0.0697 e. The Morgan fingerprint density at radius 3 is 2.47 bits per heavy atom. The minimum Gasteiger partial charge on any atom is -0.311 e. The lowest BCUT2D eigenvalue weighted by Gasteiger charge is -2.15. The standard InChI is InChI=1S/C12H15ClN2/c1-12(2,8-14)9-15-7-10-3-5-11(13)6-4-10/h3-6,15H,7,9H2,1-2H3. The monoisotopic (exact) mass is 222 g/mol. The van der Waals surface area contributed by atoms with Gasteiger partial charge in [-0.2, -0.15) is 5.26 Å². The van der Waals surface area contributed by atoms with Crippen molar-refractivity contribution >= 4 is 11.6 Å². The van der Waals surface area contributed by atoms with Crippen LogP contribution in [0.1, 0.15) is 19.4 Å². The normalized spacial score (nSPS) is 11.1. The highest BCUT2D eigenvalue weighted by molar-refractivity contribution is 6.30. The number of hydrogen-bond acceptors (Lipinski definition) is 2. The third-order valence-electron chi connectivity index (χ3n) is 2.11. The van der Waals surface area contributed by atoms with Crippen molar-refractivity contribution in [1.82, 2.24) is 5.32 Å². The van der Waals surface area contributed by atoms with Crippen LogP contribution in [0.4, 0.5) is 0 Å². The molecule has 0 spiro atoms. The van der Waals surface area contributed by atoms with Crippen LogP contribution in [0.2, 0.25) is 5.02 Å². The lowest BCUT2D eigenvalue weighted by atomic mass is 9.96. The Hall–Kier alpha value is -1.04. The van der Waals surface area contributed by atoms with Gasteiger partial charge in [-0.15, -0.1) is 0 Å². The fraction of sp³-hybridized carbons (Fsp3) is 0.417. The van der Waals surface area contributed by atoms with E-state index < -0.39 is 0 Å². The molecule has 0 atom stereocenters. The van der Waals surface area contributed by atoms with Gasteiger partial charge in [-0.3, -0.25) is 0 Å². The average molecular weight is 223 g/mol. The molecule has 1 aromatic carbocycles. The molecule has 0 heterocycles. The molecular formula is C12H15ClN2. The van der Waals surface area contributed by atoms with Crippen LogP contribution in [0.15, 0.2) is 24.3 Å². The molecule has 0 bridgehead atoms. The fourth-order valence-corrected chi connectivity index (χ4v) is 1.29. The minimum atomic E-state index is -0.313. The molecule has 0 saturated heterocycles. The van der Waals surface area contributed by atoms with E-state index in [0.29, 0.717) is 6.54 Å². The number of rotatable bonds is 4. The summed E-state index contributed by atoms with van der Waals surface area (Å²) in [5.41, 5.74) is 0.861. The maximum absolute atomic E-state index is 8.82. The molecule has 2 nitrogen and oxygen atoms in total. The van der Waals surface area contributed by atoms with Crippen LogP contribution in [0, 0.1) is 16.7 Å². The van der Waals surface area contributed by atoms with Gasteiger partial charge in [0, 0.05) is 18.1 Å². The van der Waals surface area contributed by atoms with Crippen LogP contribution in [-0.2, 0) is 6.54 Å². The summed E-state index contributed by atoms with van der Waals surface area (Å²) in [5.74, 6) is 0. The molecule has 0 saturated carbocycles. The van der Waals surface area contributed by atoms with Crippen LogP contribution in [0.3, 0.4) is 0 Å². The van der Waals surface area contributed by atoms with Crippen molar-refractivity contribution in [1.29, 1.82) is 5.26 Å². The Morgan fingerprint density at radius 1 is 1.33 bits per heavy atom. The molecular weight excluding hydrogens is 208 g/mol. The van der Waals surface area contributed by atoms with Gasteiger partial charge in [-0.25, -0.2) is 0 Å². The predicted octanol–water partition coefficient (Wildman–Crippen LogP) is 2.98. The van der Waals surface area contributed by atoms with Gasteiger partial charge in [-0.05, 0) is 31.5 Å². The molecule has 3 heteroatoms. The molecule has 0 amide bonds. The van der Waals surface area contributed by atoms with Crippen molar-refractivity contribution in [2.24, 2.45) is 5.41 Å². The Morgan fingerprint density at radius 2 is 1.93 bits per heavy atom. The van der Waals surface area contributed by atoms with E-state index in [4.69, 9.17) is 16.9 Å². The zero-order chi connectivity index (χ0) is 11.3. The number of nitrogens with one attached hydrogen (secondary N) is 1. The van der Waals surface area contributed by atoms with E-state index in [9.17, 15) is 0 Å². The molecule has 15 heavy (non-hydrogen) atoms. The molecule has 0 aromatic heterocycles. The van der Waals surface area contributed by atoms with Crippen molar-refractivity contribution < 1.29 is 0 Å². The quantitative estimate of drug-likeness (QED) is 0.850. The highest BCUT2D eigenvalue weighted by Crippen LogP contribution is 2.12. The Balaban J connectivity index is 2.39. The van der Waals surface area contributed by atoms with Crippen LogP contribution in [0.5, 0.6) is 0 Å². The Labute approximate surface area is 95.9 Å². The van der Waals surface area contributed by atoms with Gasteiger partial charge in [0.05, 0.1) is 11.5 Å². The van der Waals surface area contributed by atoms with Crippen molar-refractivity contribution in [3.05, 3.63) is 34.9 Å². The molecule has 0 aliphatic carbocycles. The van der Waals surface area contributed by atoms with Gasteiger partial charge in [0.25, 0.3) is 0 Å². The first-order valence-electron chi connectivity index (χ1n) is 4.90. The number of halogens is 1. The maximum atomic E-state index is 8.82. The van der Waals surface area contributed by atoms with Gasteiger partial charge < -0.3 is 5.32 Å². The van der Waals surface area contributed by atoms with E-state index in [1.807, 2.05) is 38.1 Å². The molecule has 0 fully saturated rings. The third kappa shape index (κ3) is 4.33. The summed E-state index contributed by atoms with van der Waals surface area (Å²) in [6.45, 7) is 5.29. The van der Waals surface area contributed by atoms with Crippen molar-refractivity contribution in [2.75, 3.05) is 6.54 Å². The number of benzene rings is 1. The largest absolute Gasteiger partial charge is 0.311 e. The van der Waals surface area contributed by atoms with Crippen LogP contribution in [-0.4, -0.2) is 6.54 Å². The van der Waals surface area contributed by atoms with E-state index in [0.717, 1.165) is 11.6 Å². The highest BCUT2D eigenvalue weighted by atomic mass is 35.5. The smallest absolute Gasteiger partial charge is 0.0697 e. The third-order valence-corrected chi connectivity index (χ3v) is 2.36. The zero-order valence-corrected chi connectivity index (χ0v) is 9.80. The summed E-state index contributed by atoms with van der Waals surface area (Å²) in [5, 5.41) is 12.8. The van der Waals surface area contributed by atoms with Crippen molar-refractivity contribution in [3.8, 4) is 6.07 Å². The second kappa shape index (κ2) is 5.16. The molecule has 0 radical (unpaired) electrons. The number of nitrogens with zero attached hydrogens (tertiary/aromatic N) is 1. The topological polar surface area (TPSA) is 35.8 Å². The summed E-state index contributed by atoms with van der Waals surface area (Å²) in [6, 6.07) is 9.95. The van der Waals surface area contributed by atoms with E-state index in [-0.39, 0.29) is 5.41 Å². The summed E-state index contributed by atoms with van der Waals surface area (Å²) >= 11 is 5.78. The van der Waals surface area contributed by atoms with Gasteiger partial charge in [0.15, 0.2) is 0 Å². The van der Waals surface area contributed by atoms with Gasteiger partial charge in [0.2, 0.25) is 0 Å². The Bertz CT molecular complexity index is 349. The SMILES string of the molecule is CC(C)(C#N)CNCc1ccc(Cl)cc1. The summed E-state index contributed by atoms with van der Waals surface area (Å²) in [7, 11) is 0. The summed E-state index contributed by atoms with van der Waals surface area (Å²) in [4.78, 5) is 0. The molecule has 0 aliphatic heterocycles. The molecule has 1 N–H and O–H groups in total. The van der Waals surface area contributed by atoms with E-state index >= 15 is 0 Å². The summed E-state index contributed by atoms with van der Waals surface area (Å²) in [6.07, 6.45) is 0. The Kier molecular flexibility index (Phi) is 4.14. The molecule has 1 rings (SSSR count). The number of nitriles is 1. The van der Waals surface area contributed by atoms with Crippen LogP contribution >= 0.6 is 11.6 Å². The fourth-order valence-electron chi connectivity index (χ4n) is 1.16. The summed E-state index contributed by atoms with van der Waals surface area (Å²) < 4.78 is 0. The lowest BCUT2D eigenvalue weighted by Crippen LogP contribution is -2.27. The van der Waals surface area contributed by atoms with E-state index in [1.54, 1.807) is 0 Å². The minimum absolute atomic E-state index is 0.313. The van der Waals surface area contributed by atoms with Gasteiger partial charge in [-0.1, -0.05) is 23.7 Å². The van der Waals surface area contributed by atoms with Gasteiger partial charge in [0.1, 0.15) is 0 Å². The van der Waals surface area contributed by atoms with Gasteiger partial charge >= 0.3 is 0 Å². The second-order valence-electron chi connectivity index (χ2n) is 4.23. The first kappa shape index (κ1) is 12.0. The van der Waals surface area contributed by atoms with E-state index in [2.05, 4.69) is 11.4 Å². The zero-order valence-electron chi connectivity index (χ0n) is 9.05. The molecule has 80 valence electrons. The average Bonchev–Trinajstić information content (AvgIpc) is 2.21. The van der Waals surface area contributed by atoms with Crippen molar-refractivity contribution in [3.63, 3.8) is 0 Å². The van der Waals surface area contributed by atoms with Crippen LogP contribution in [0.25, 0.3) is 0 Å². The molecule has 0 aliphatic rings.